The molecule has 0 saturated heterocycles. The fraction of sp³-hybridized carbons (Fsp3) is 0.300. The molecule has 0 aliphatic heterocycles. The first kappa shape index (κ1) is 10.4. The lowest BCUT2D eigenvalue weighted by atomic mass is 9.98. The molecule has 0 spiro atoms. The fourth-order valence-electron chi connectivity index (χ4n) is 1.16. The molecule has 0 aromatic heterocycles. The molecular formula is C10H10BrFO. The van der Waals surface area contributed by atoms with Crippen LogP contribution in [0.1, 0.15) is 24.8 Å². The zero-order chi connectivity index (χ0) is 9.84. The van der Waals surface area contributed by atoms with E-state index < -0.39 is 0 Å². The number of benzene rings is 1. The first-order chi connectivity index (χ1) is 6.15. The van der Waals surface area contributed by atoms with Gasteiger partial charge in [-0.3, -0.25) is 0 Å². The molecule has 1 atom stereocenters. The first-order valence-corrected chi connectivity index (χ1v) is 4.83. The molecular weight excluding hydrogens is 235 g/mol. The maximum absolute atomic E-state index is 13.2. The van der Waals surface area contributed by atoms with Crippen LogP contribution in [0.25, 0.3) is 0 Å². The second-order valence-corrected chi connectivity index (χ2v) is 3.88. The third kappa shape index (κ3) is 2.62. The van der Waals surface area contributed by atoms with E-state index in [2.05, 4.69) is 15.9 Å². The van der Waals surface area contributed by atoms with E-state index in [4.69, 9.17) is 0 Å². The largest absolute Gasteiger partial charge is 0.303 e. The molecule has 0 bridgehead atoms. The molecule has 0 N–H and O–H groups in total. The molecule has 0 aliphatic carbocycles. The van der Waals surface area contributed by atoms with Gasteiger partial charge in [-0.25, -0.2) is 4.39 Å². The van der Waals surface area contributed by atoms with Crippen molar-refractivity contribution in [1.29, 1.82) is 0 Å². The summed E-state index contributed by atoms with van der Waals surface area (Å²) in [7, 11) is 0. The molecule has 0 heterocycles. The average molecular weight is 245 g/mol. The van der Waals surface area contributed by atoms with Gasteiger partial charge in [0.15, 0.2) is 0 Å². The van der Waals surface area contributed by atoms with Crippen LogP contribution in [0, 0.1) is 5.82 Å². The number of hydrogen-bond donors (Lipinski definition) is 0. The molecule has 1 aromatic rings. The van der Waals surface area contributed by atoms with Crippen LogP contribution in [0.15, 0.2) is 22.7 Å². The van der Waals surface area contributed by atoms with Gasteiger partial charge in [0.05, 0.1) is 0 Å². The van der Waals surface area contributed by atoms with Crippen molar-refractivity contribution in [2.24, 2.45) is 0 Å². The van der Waals surface area contributed by atoms with E-state index in [1.165, 1.54) is 6.07 Å². The van der Waals surface area contributed by atoms with Gasteiger partial charge in [-0.05, 0) is 29.7 Å². The van der Waals surface area contributed by atoms with Crippen molar-refractivity contribution in [2.75, 3.05) is 0 Å². The summed E-state index contributed by atoms with van der Waals surface area (Å²) < 4.78 is 14.0. The van der Waals surface area contributed by atoms with E-state index in [1.54, 1.807) is 12.1 Å². The Morgan fingerprint density at radius 1 is 1.62 bits per heavy atom. The van der Waals surface area contributed by atoms with E-state index in [1.807, 2.05) is 6.92 Å². The smallest absolute Gasteiger partial charge is 0.126 e. The second-order valence-electron chi connectivity index (χ2n) is 2.97. The standard InChI is InChI=1S/C10H10BrFO/c1-7(4-5-13)9-6-8(11)2-3-10(9)12/h2-3,5-7H,4H2,1H3/t7-/m0/s1. The molecule has 1 rings (SSSR count). The number of rotatable bonds is 3. The predicted octanol–water partition coefficient (Wildman–Crippen LogP) is 3.28. The summed E-state index contributed by atoms with van der Waals surface area (Å²) in [5, 5.41) is 0. The zero-order valence-corrected chi connectivity index (χ0v) is 8.84. The Balaban J connectivity index is 2.97. The maximum Gasteiger partial charge on any atom is 0.126 e. The summed E-state index contributed by atoms with van der Waals surface area (Å²) in [6.07, 6.45) is 1.17. The molecule has 0 fully saturated rings. The van der Waals surface area contributed by atoms with Crippen molar-refractivity contribution < 1.29 is 9.18 Å². The molecule has 1 aromatic carbocycles. The normalized spacial score (nSPS) is 12.5. The van der Waals surface area contributed by atoms with E-state index in [9.17, 15) is 9.18 Å². The molecule has 1 nitrogen and oxygen atoms in total. The van der Waals surface area contributed by atoms with Crippen LogP contribution < -0.4 is 0 Å². The Morgan fingerprint density at radius 2 is 2.31 bits per heavy atom. The van der Waals surface area contributed by atoms with Crippen molar-refractivity contribution in [3.63, 3.8) is 0 Å². The van der Waals surface area contributed by atoms with Crippen LogP contribution in [-0.2, 0) is 4.79 Å². The highest BCUT2D eigenvalue weighted by molar-refractivity contribution is 9.10. The van der Waals surface area contributed by atoms with Gasteiger partial charge in [0.25, 0.3) is 0 Å². The van der Waals surface area contributed by atoms with Crippen LogP contribution in [0.2, 0.25) is 0 Å². The molecule has 0 amide bonds. The minimum Gasteiger partial charge on any atom is -0.303 e. The highest BCUT2D eigenvalue weighted by Gasteiger charge is 2.10. The lowest BCUT2D eigenvalue weighted by molar-refractivity contribution is -0.108. The summed E-state index contributed by atoms with van der Waals surface area (Å²) in [6.45, 7) is 1.83. The Labute approximate surface area is 85.1 Å². The van der Waals surface area contributed by atoms with Gasteiger partial charge >= 0.3 is 0 Å². The third-order valence-corrected chi connectivity index (χ3v) is 2.43. The van der Waals surface area contributed by atoms with Gasteiger partial charge in [0.1, 0.15) is 12.1 Å². The van der Waals surface area contributed by atoms with Crippen LogP contribution in [0.4, 0.5) is 4.39 Å². The number of carbonyl (C=O) groups excluding carboxylic acids is 1. The molecule has 0 unspecified atom stereocenters. The quantitative estimate of drug-likeness (QED) is 0.747. The van der Waals surface area contributed by atoms with Crippen LogP contribution in [0.3, 0.4) is 0 Å². The monoisotopic (exact) mass is 244 g/mol. The summed E-state index contributed by atoms with van der Waals surface area (Å²) in [5.41, 5.74) is 0.585. The predicted molar refractivity (Wildman–Crippen MR) is 53.2 cm³/mol. The number of aldehydes is 1. The second kappa shape index (κ2) is 4.51. The minimum absolute atomic E-state index is 0.0602. The van der Waals surface area contributed by atoms with E-state index in [-0.39, 0.29) is 11.7 Å². The summed E-state index contributed by atoms with van der Waals surface area (Å²) in [5.74, 6) is -0.312. The summed E-state index contributed by atoms with van der Waals surface area (Å²) in [4.78, 5) is 10.3. The molecule has 70 valence electrons. The Bertz CT molecular complexity index is 312. The minimum atomic E-state index is -0.252. The lowest BCUT2D eigenvalue weighted by Crippen LogP contribution is -1.97. The SMILES string of the molecule is C[C@@H](CC=O)c1cc(Br)ccc1F. The van der Waals surface area contributed by atoms with Gasteiger partial charge in [0.2, 0.25) is 0 Å². The molecule has 13 heavy (non-hydrogen) atoms. The van der Waals surface area contributed by atoms with Gasteiger partial charge in [-0.2, -0.15) is 0 Å². The Kier molecular flexibility index (Phi) is 3.60. The number of halogens is 2. The number of hydrogen-bond acceptors (Lipinski definition) is 1. The Morgan fingerprint density at radius 3 is 2.92 bits per heavy atom. The average Bonchev–Trinajstić information content (AvgIpc) is 2.09. The Hall–Kier alpha value is -0.700. The van der Waals surface area contributed by atoms with Crippen LogP contribution in [-0.4, -0.2) is 6.29 Å². The lowest BCUT2D eigenvalue weighted by Gasteiger charge is -2.09. The summed E-state index contributed by atoms with van der Waals surface area (Å²) in [6, 6.07) is 4.76. The first-order valence-electron chi connectivity index (χ1n) is 4.03. The van der Waals surface area contributed by atoms with Crippen LogP contribution >= 0.6 is 15.9 Å². The highest BCUT2D eigenvalue weighted by atomic mass is 79.9. The van der Waals surface area contributed by atoms with Gasteiger partial charge in [0, 0.05) is 10.9 Å². The van der Waals surface area contributed by atoms with E-state index in [0.717, 1.165) is 10.8 Å². The third-order valence-electron chi connectivity index (χ3n) is 1.94. The summed E-state index contributed by atoms with van der Waals surface area (Å²) >= 11 is 3.26. The molecule has 0 radical (unpaired) electrons. The van der Waals surface area contributed by atoms with Crippen molar-refractivity contribution in [1.82, 2.24) is 0 Å². The van der Waals surface area contributed by atoms with E-state index in [0.29, 0.717) is 12.0 Å². The van der Waals surface area contributed by atoms with Crippen molar-refractivity contribution in [2.45, 2.75) is 19.3 Å². The highest BCUT2D eigenvalue weighted by Crippen LogP contribution is 2.24. The van der Waals surface area contributed by atoms with Gasteiger partial charge in [-0.1, -0.05) is 22.9 Å². The van der Waals surface area contributed by atoms with E-state index >= 15 is 0 Å². The van der Waals surface area contributed by atoms with Gasteiger partial charge < -0.3 is 4.79 Å². The zero-order valence-electron chi connectivity index (χ0n) is 7.26. The molecule has 3 heteroatoms. The fourth-order valence-corrected chi connectivity index (χ4v) is 1.54. The van der Waals surface area contributed by atoms with Crippen molar-refractivity contribution in [3.05, 3.63) is 34.1 Å². The van der Waals surface area contributed by atoms with Crippen molar-refractivity contribution >= 4 is 22.2 Å². The van der Waals surface area contributed by atoms with Crippen LogP contribution in [0.5, 0.6) is 0 Å². The van der Waals surface area contributed by atoms with Crippen molar-refractivity contribution in [3.8, 4) is 0 Å². The molecule has 0 saturated carbocycles. The number of carbonyl (C=O) groups is 1. The maximum atomic E-state index is 13.2. The van der Waals surface area contributed by atoms with Gasteiger partial charge in [-0.15, -0.1) is 0 Å². The molecule has 0 aliphatic rings. The topological polar surface area (TPSA) is 17.1 Å².